The molecule has 1 saturated carbocycles. The molecule has 2 fully saturated rings. The molecule has 0 spiro atoms. The summed E-state index contributed by atoms with van der Waals surface area (Å²) in [5, 5.41) is 13.2. The normalized spacial score (nSPS) is 25.2. The van der Waals surface area contributed by atoms with Crippen molar-refractivity contribution in [2.24, 2.45) is 5.92 Å². The number of hydrogen-bond acceptors (Lipinski definition) is 5. The Morgan fingerprint density at radius 1 is 1.16 bits per heavy atom. The summed E-state index contributed by atoms with van der Waals surface area (Å²) in [5.74, 6) is 1.13. The second-order valence-corrected chi connectivity index (χ2v) is 9.11. The topological polar surface area (TPSA) is 82.5 Å². The van der Waals surface area contributed by atoms with Crippen molar-refractivity contribution < 1.29 is 13.5 Å². The molecule has 1 aliphatic carbocycles. The zero-order valence-corrected chi connectivity index (χ0v) is 15.5. The van der Waals surface area contributed by atoms with Crippen LogP contribution in [0.3, 0.4) is 0 Å². The smallest absolute Gasteiger partial charge is 0.244 e. The Morgan fingerprint density at radius 2 is 1.92 bits per heavy atom. The average Bonchev–Trinajstić information content (AvgIpc) is 3.16. The van der Waals surface area contributed by atoms with Gasteiger partial charge in [-0.3, -0.25) is 0 Å². The lowest BCUT2D eigenvalue weighted by atomic mass is 9.83. The van der Waals surface area contributed by atoms with Crippen molar-refractivity contribution >= 4 is 15.8 Å². The van der Waals surface area contributed by atoms with Gasteiger partial charge in [0.1, 0.15) is 10.7 Å². The second kappa shape index (κ2) is 8.47. The zero-order chi connectivity index (χ0) is 17.7. The predicted molar refractivity (Wildman–Crippen MR) is 97.9 cm³/mol. The molecule has 1 aromatic heterocycles. The fraction of sp³-hybridized carbons (Fsp3) is 0.722. The van der Waals surface area contributed by atoms with E-state index in [1.54, 1.807) is 12.1 Å². The van der Waals surface area contributed by atoms with Crippen LogP contribution >= 0.6 is 0 Å². The Balaban J connectivity index is 1.46. The predicted octanol–water partition coefficient (Wildman–Crippen LogP) is 2.61. The van der Waals surface area contributed by atoms with Crippen molar-refractivity contribution in [2.75, 3.05) is 25.0 Å². The molecule has 0 radical (unpaired) electrons. The molecule has 2 N–H and O–H groups in total. The Labute approximate surface area is 150 Å². The lowest BCUT2D eigenvalue weighted by Crippen LogP contribution is -2.27. The van der Waals surface area contributed by atoms with Crippen LogP contribution in [0.15, 0.2) is 23.2 Å². The molecule has 140 valence electrons. The highest BCUT2D eigenvalue weighted by atomic mass is 32.2. The number of sulfonamides is 1. The zero-order valence-electron chi connectivity index (χ0n) is 14.7. The average molecular weight is 368 g/mol. The number of aliphatic hydroxyl groups is 1. The number of nitrogens with zero attached hydrogens (tertiary/aromatic N) is 2. The van der Waals surface area contributed by atoms with Crippen molar-refractivity contribution in [3.8, 4) is 0 Å². The van der Waals surface area contributed by atoms with Gasteiger partial charge in [0.15, 0.2) is 0 Å². The van der Waals surface area contributed by atoms with Crippen molar-refractivity contribution in [3.05, 3.63) is 18.3 Å². The third kappa shape index (κ3) is 4.71. The summed E-state index contributed by atoms with van der Waals surface area (Å²) in [6.07, 6.45) is 9.62. The van der Waals surface area contributed by atoms with Crippen LogP contribution in [-0.4, -0.2) is 48.6 Å². The van der Waals surface area contributed by atoms with Crippen molar-refractivity contribution in [3.63, 3.8) is 0 Å². The van der Waals surface area contributed by atoms with Gasteiger partial charge in [-0.2, -0.15) is 4.31 Å². The van der Waals surface area contributed by atoms with E-state index in [1.165, 1.54) is 16.9 Å². The SMILES string of the molecule is O=S(=O)(c1ccc(NCCCC2CCCCC2O)nc1)N1CCCC1. The van der Waals surface area contributed by atoms with Crippen molar-refractivity contribution in [1.82, 2.24) is 9.29 Å². The fourth-order valence-electron chi connectivity index (χ4n) is 3.82. The van der Waals surface area contributed by atoms with Crippen LogP contribution < -0.4 is 5.32 Å². The summed E-state index contributed by atoms with van der Waals surface area (Å²) < 4.78 is 26.4. The monoisotopic (exact) mass is 367 g/mol. The molecule has 3 rings (SSSR count). The Hall–Kier alpha value is -1.18. The van der Waals surface area contributed by atoms with Crippen LogP contribution in [-0.2, 0) is 10.0 Å². The Bertz CT molecular complexity index is 642. The molecule has 6 nitrogen and oxygen atoms in total. The summed E-state index contributed by atoms with van der Waals surface area (Å²) in [6, 6.07) is 3.37. The van der Waals surface area contributed by atoms with Gasteiger partial charge in [-0.25, -0.2) is 13.4 Å². The molecule has 1 saturated heterocycles. The highest BCUT2D eigenvalue weighted by molar-refractivity contribution is 7.89. The molecule has 25 heavy (non-hydrogen) atoms. The molecule has 0 amide bonds. The summed E-state index contributed by atoms with van der Waals surface area (Å²) >= 11 is 0. The maximum atomic E-state index is 12.5. The maximum Gasteiger partial charge on any atom is 0.244 e. The quantitative estimate of drug-likeness (QED) is 0.724. The van der Waals surface area contributed by atoms with Crippen LogP contribution in [0.2, 0.25) is 0 Å². The van der Waals surface area contributed by atoms with E-state index in [0.717, 1.165) is 51.5 Å². The molecular weight excluding hydrogens is 338 g/mol. The number of rotatable bonds is 7. The van der Waals surface area contributed by atoms with E-state index in [0.29, 0.717) is 24.8 Å². The van der Waals surface area contributed by atoms with Crippen LogP contribution in [0.4, 0.5) is 5.82 Å². The largest absolute Gasteiger partial charge is 0.393 e. The maximum absolute atomic E-state index is 12.5. The standard InChI is InChI=1S/C18H29N3O3S/c22-17-8-2-1-6-15(17)7-5-11-19-18-10-9-16(14-20-18)25(23,24)21-12-3-4-13-21/h9-10,14-15,17,22H,1-8,11-13H2,(H,19,20). The van der Waals surface area contributed by atoms with Gasteiger partial charge in [0.25, 0.3) is 0 Å². The van der Waals surface area contributed by atoms with E-state index in [4.69, 9.17) is 0 Å². The molecule has 2 aliphatic rings. The van der Waals surface area contributed by atoms with Crippen LogP contribution in [0.1, 0.15) is 51.4 Å². The minimum atomic E-state index is -3.39. The van der Waals surface area contributed by atoms with Crippen LogP contribution in [0.5, 0.6) is 0 Å². The van der Waals surface area contributed by atoms with Crippen molar-refractivity contribution in [2.45, 2.75) is 62.4 Å². The highest BCUT2D eigenvalue weighted by Gasteiger charge is 2.27. The van der Waals surface area contributed by atoms with Gasteiger partial charge in [-0.15, -0.1) is 0 Å². The molecule has 1 aliphatic heterocycles. The first-order valence-electron chi connectivity index (χ1n) is 9.45. The molecule has 2 heterocycles. The summed E-state index contributed by atoms with van der Waals surface area (Å²) in [7, 11) is -3.39. The molecule has 0 aromatic carbocycles. The molecule has 2 unspecified atom stereocenters. The van der Waals surface area contributed by atoms with E-state index >= 15 is 0 Å². The number of aliphatic hydroxyl groups excluding tert-OH is 1. The number of aromatic nitrogens is 1. The number of anilines is 1. The van der Waals surface area contributed by atoms with E-state index in [9.17, 15) is 13.5 Å². The van der Waals surface area contributed by atoms with E-state index in [1.807, 2.05) is 0 Å². The van der Waals surface area contributed by atoms with Gasteiger partial charge in [0, 0.05) is 25.8 Å². The lowest BCUT2D eigenvalue weighted by Gasteiger charge is -2.27. The third-order valence-electron chi connectivity index (χ3n) is 5.37. The van der Waals surface area contributed by atoms with Crippen LogP contribution in [0, 0.1) is 5.92 Å². The fourth-order valence-corrected chi connectivity index (χ4v) is 5.28. The number of pyridine rings is 1. The minimum absolute atomic E-state index is 0.137. The van der Waals surface area contributed by atoms with Gasteiger partial charge in [0.2, 0.25) is 10.0 Å². The lowest BCUT2D eigenvalue weighted by molar-refractivity contribution is 0.0648. The van der Waals surface area contributed by atoms with Crippen molar-refractivity contribution in [1.29, 1.82) is 0 Å². The first-order valence-corrected chi connectivity index (χ1v) is 10.9. The molecule has 1 aromatic rings. The van der Waals surface area contributed by atoms with Gasteiger partial charge >= 0.3 is 0 Å². The van der Waals surface area contributed by atoms with Crippen LogP contribution in [0.25, 0.3) is 0 Å². The first-order chi connectivity index (χ1) is 12.1. The minimum Gasteiger partial charge on any atom is -0.393 e. The van der Waals surface area contributed by atoms with Gasteiger partial charge < -0.3 is 10.4 Å². The molecule has 2 atom stereocenters. The van der Waals surface area contributed by atoms with E-state index < -0.39 is 10.0 Å². The Kier molecular flexibility index (Phi) is 6.30. The van der Waals surface area contributed by atoms with Gasteiger partial charge in [-0.1, -0.05) is 12.8 Å². The number of nitrogens with one attached hydrogen (secondary N) is 1. The van der Waals surface area contributed by atoms with E-state index in [2.05, 4.69) is 10.3 Å². The summed E-state index contributed by atoms with van der Waals surface area (Å²) in [6.45, 7) is 2.00. The van der Waals surface area contributed by atoms with Gasteiger partial charge in [-0.05, 0) is 56.6 Å². The third-order valence-corrected chi connectivity index (χ3v) is 7.25. The van der Waals surface area contributed by atoms with E-state index in [-0.39, 0.29) is 11.0 Å². The second-order valence-electron chi connectivity index (χ2n) is 7.17. The number of hydrogen-bond donors (Lipinski definition) is 2. The van der Waals surface area contributed by atoms with Gasteiger partial charge in [0.05, 0.1) is 6.10 Å². The summed E-state index contributed by atoms with van der Waals surface area (Å²) in [5.41, 5.74) is 0. The summed E-state index contributed by atoms with van der Waals surface area (Å²) in [4.78, 5) is 4.52. The molecule has 0 bridgehead atoms. The highest BCUT2D eigenvalue weighted by Crippen LogP contribution is 2.28. The molecule has 7 heteroatoms. The Morgan fingerprint density at radius 3 is 2.60 bits per heavy atom. The first kappa shape index (κ1) is 18.6. The molecular formula is C18H29N3O3S.